The van der Waals surface area contributed by atoms with Gasteiger partial charge in [0.1, 0.15) is 5.75 Å². The molecular weight excluding hydrogens is 264 g/mol. The molecule has 0 aliphatic heterocycles. The fourth-order valence-electron chi connectivity index (χ4n) is 1.27. The first-order valence-electron chi connectivity index (χ1n) is 4.05. The van der Waals surface area contributed by atoms with Crippen LogP contribution < -0.4 is 9.47 Å². The Morgan fingerprint density at radius 2 is 1.93 bits per heavy atom. The molecule has 0 N–H and O–H groups in total. The Morgan fingerprint density at radius 3 is 2.57 bits per heavy atom. The average Bonchev–Trinajstić information content (AvgIpc) is 2.58. The summed E-state index contributed by atoms with van der Waals surface area (Å²) in [7, 11) is 3.34. The van der Waals surface area contributed by atoms with Gasteiger partial charge in [-0.15, -0.1) is 0 Å². The molecule has 0 unspecified atom stereocenters. The van der Waals surface area contributed by atoms with E-state index in [1.54, 1.807) is 25.6 Å². The van der Waals surface area contributed by atoms with Crippen LogP contribution in [0.2, 0.25) is 0 Å². The number of rotatable bonds is 2. The summed E-state index contributed by atoms with van der Waals surface area (Å²) in [5.41, 5.74) is 0. The molecule has 4 heteroatoms. The van der Waals surface area contributed by atoms with Crippen molar-refractivity contribution in [3.8, 4) is 10.8 Å². The minimum atomic E-state index is 0.845. The van der Waals surface area contributed by atoms with Crippen molar-refractivity contribution in [2.24, 2.45) is 0 Å². The van der Waals surface area contributed by atoms with Crippen LogP contribution in [0.5, 0.6) is 10.8 Å². The lowest BCUT2D eigenvalue weighted by atomic mass is 10.2. The van der Waals surface area contributed by atoms with Gasteiger partial charge in [0.2, 0.25) is 0 Å². The highest BCUT2D eigenvalue weighted by molar-refractivity contribution is 9.10. The second-order valence-corrected chi connectivity index (χ2v) is 4.69. The van der Waals surface area contributed by atoms with Gasteiger partial charge in [-0.2, -0.15) is 0 Å². The van der Waals surface area contributed by atoms with E-state index in [0.717, 1.165) is 20.7 Å². The Balaban J connectivity index is 2.64. The van der Waals surface area contributed by atoms with Gasteiger partial charge in [-0.3, -0.25) is 0 Å². The van der Waals surface area contributed by atoms with Crippen LogP contribution in [-0.2, 0) is 0 Å². The molecule has 14 heavy (non-hydrogen) atoms. The second kappa shape index (κ2) is 3.79. The predicted octanol–water partition coefficient (Wildman–Crippen LogP) is 3.68. The first-order valence-corrected chi connectivity index (χ1v) is 5.66. The van der Waals surface area contributed by atoms with Gasteiger partial charge in [0.05, 0.1) is 18.7 Å². The number of halogens is 1. The third-order valence-electron chi connectivity index (χ3n) is 1.97. The molecule has 1 aromatic carbocycles. The van der Waals surface area contributed by atoms with Crippen LogP contribution in [0.25, 0.3) is 10.1 Å². The molecule has 0 radical (unpaired) electrons. The molecule has 0 amide bonds. The Morgan fingerprint density at radius 1 is 1.14 bits per heavy atom. The summed E-state index contributed by atoms with van der Waals surface area (Å²) in [5.74, 6) is 0.845. The highest BCUT2D eigenvalue weighted by atomic mass is 79.9. The first kappa shape index (κ1) is 9.80. The lowest BCUT2D eigenvalue weighted by Crippen LogP contribution is -1.82. The van der Waals surface area contributed by atoms with E-state index in [1.807, 2.05) is 18.2 Å². The molecule has 0 bridgehead atoms. The monoisotopic (exact) mass is 272 g/mol. The summed E-state index contributed by atoms with van der Waals surface area (Å²) in [6.07, 6.45) is 0. The van der Waals surface area contributed by atoms with E-state index in [2.05, 4.69) is 15.9 Å². The van der Waals surface area contributed by atoms with E-state index in [1.165, 1.54) is 4.70 Å². The molecule has 1 aromatic heterocycles. The number of ether oxygens (including phenoxy) is 2. The maximum atomic E-state index is 5.21. The molecule has 2 aromatic rings. The fourth-order valence-corrected chi connectivity index (χ4v) is 2.83. The number of methoxy groups -OCH3 is 2. The standard InChI is InChI=1S/C10H9BrO2S/c1-12-8-3-6-4-10(13-2)14-9(6)5-7(8)11/h3-5H,1-2H3. The minimum absolute atomic E-state index is 0.845. The highest BCUT2D eigenvalue weighted by Crippen LogP contribution is 2.37. The SMILES string of the molecule is COc1cc2cc(OC)c(Br)cc2s1. The van der Waals surface area contributed by atoms with Crippen LogP contribution in [0.4, 0.5) is 0 Å². The van der Waals surface area contributed by atoms with E-state index < -0.39 is 0 Å². The van der Waals surface area contributed by atoms with E-state index in [0.29, 0.717) is 0 Å². The van der Waals surface area contributed by atoms with Crippen molar-refractivity contribution in [3.63, 3.8) is 0 Å². The maximum absolute atomic E-state index is 5.21. The molecule has 2 rings (SSSR count). The van der Waals surface area contributed by atoms with Crippen LogP contribution >= 0.6 is 27.3 Å². The molecule has 0 atom stereocenters. The zero-order chi connectivity index (χ0) is 10.1. The van der Waals surface area contributed by atoms with Crippen molar-refractivity contribution in [2.45, 2.75) is 0 Å². The van der Waals surface area contributed by atoms with Crippen molar-refractivity contribution >= 4 is 37.4 Å². The zero-order valence-electron chi connectivity index (χ0n) is 7.83. The summed E-state index contributed by atoms with van der Waals surface area (Å²) in [4.78, 5) is 0. The Labute approximate surface area is 94.6 Å². The molecule has 0 aliphatic carbocycles. The van der Waals surface area contributed by atoms with Crippen LogP contribution in [0.3, 0.4) is 0 Å². The van der Waals surface area contributed by atoms with Gasteiger partial charge in [0.15, 0.2) is 5.06 Å². The third kappa shape index (κ3) is 1.60. The molecular formula is C10H9BrO2S. The van der Waals surface area contributed by atoms with Gasteiger partial charge >= 0.3 is 0 Å². The number of hydrogen-bond donors (Lipinski definition) is 0. The topological polar surface area (TPSA) is 18.5 Å². The van der Waals surface area contributed by atoms with Crippen molar-refractivity contribution in [1.29, 1.82) is 0 Å². The Bertz CT molecular complexity index is 464. The van der Waals surface area contributed by atoms with E-state index in [-0.39, 0.29) is 0 Å². The summed E-state index contributed by atoms with van der Waals surface area (Å²) >= 11 is 5.07. The summed E-state index contributed by atoms with van der Waals surface area (Å²) in [6, 6.07) is 6.05. The summed E-state index contributed by atoms with van der Waals surface area (Å²) in [5, 5.41) is 2.06. The predicted molar refractivity (Wildman–Crippen MR) is 62.6 cm³/mol. The van der Waals surface area contributed by atoms with Crippen molar-refractivity contribution < 1.29 is 9.47 Å². The second-order valence-electron chi connectivity index (χ2n) is 2.79. The largest absolute Gasteiger partial charge is 0.496 e. The number of fused-ring (bicyclic) bond motifs is 1. The van der Waals surface area contributed by atoms with Crippen LogP contribution in [-0.4, -0.2) is 14.2 Å². The Hall–Kier alpha value is -0.740. The molecule has 74 valence electrons. The highest BCUT2D eigenvalue weighted by Gasteiger charge is 2.06. The molecule has 0 spiro atoms. The van der Waals surface area contributed by atoms with Gasteiger partial charge in [0, 0.05) is 10.1 Å². The van der Waals surface area contributed by atoms with Gasteiger partial charge in [-0.1, -0.05) is 11.3 Å². The van der Waals surface area contributed by atoms with E-state index in [4.69, 9.17) is 9.47 Å². The smallest absolute Gasteiger partial charge is 0.174 e. The zero-order valence-corrected chi connectivity index (χ0v) is 10.2. The third-order valence-corrected chi connectivity index (χ3v) is 3.65. The van der Waals surface area contributed by atoms with Gasteiger partial charge < -0.3 is 9.47 Å². The fraction of sp³-hybridized carbons (Fsp3) is 0.200. The first-order chi connectivity index (χ1) is 6.74. The quantitative estimate of drug-likeness (QED) is 0.831. The molecule has 0 saturated carbocycles. The number of hydrogen-bond acceptors (Lipinski definition) is 3. The van der Waals surface area contributed by atoms with E-state index in [9.17, 15) is 0 Å². The molecule has 1 heterocycles. The van der Waals surface area contributed by atoms with Crippen molar-refractivity contribution in [2.75, 3.05) is 14.2 Å². The number of benzene rings is 1. The average molecular weight is 273 g/mol. The van der Waals surface area contributed by atoms with Crippen LogP contribution in [0.1, 0.15) is 0 Å². The Kier molecular flexibility index (Phi) is 2.65. The normalized spacial score (nSPS) is 10.5. The van der Waals surface area contributed by atoms with Crippen molar-refractivity contribution in [3.05, 3.63) is 22.7 Å². The van der Waals surface area contributed by atoms with Crippen LogP contribution in [0.15, 0.2) is 22.7 Å². The maximum Gasteiger partial charge on any atom is 0.174 e. The molecule has 0 saturated heterocycles. The molecule has 2 nitrogen and oxygen atoms in total. The van der Waals surface area contributed by atoms with E-state index >= 15 is 0 Å². The molecule has 0 aliphatic rings. The number of thiophene rings is 1. The van der Waals surface area contributed by atoms with Crippen molar-refractivity contribution in [1.82, 2.24) is 0 Å². The van der Waals surface area contributed by atoms with Gasteiger partial charge in [0.25, 0.3) is 0 Å². The molecule has 0 fully saturated rings. The lowest BCUT2D eigenvalue weighted by molar-refractivity contribution is 0.413. The summed E-state index contributed by atoms with van der Waals surface area (Å²) in [6.45, 7) is 0. The lowest BCUT2D eigenvalue weighted by Gasteiger charge is -2.01. The van der Waals surface area contributed by atoms with Gasteiger partial charge in [-0.05, 0) is 34.1 Å². The minimum Gasteiger partial charge on any atom is -0.496 e. The van der Waals surface area contributed by atoms with Crippen LogP contribution in [0, 0.1) is 0 Å². The van der Waals surface area contributed by atoms with Gasteiger partial charge in [-0.25, -0.2) is 0 Å². The summed E-state index contributed by atoms with van der Waals surface area (Å²) < 4.78 is 12.5.